The van der Waals surface area contributed by atoms with Crippen LogP contribution < -0.4 is 5.56 Å². The van der Waals surface area contributed by atoms with Crippen LogP contribution in [0, 0.1) is 0 Å². The number of nitrogens with zero attached hydrogens (tertiary/aromatic N) is 1. The van der Waals surface area contributed by atoms with E-state index in [4.69, 9.17) is 0 Å². The fourth-order valence-electron chi connectivity index (χ4n) is 2.29. The van der Waals surface area contributed by atoms with Crippen LogP contribution in [0.15, 0.2) is 4.79 Å². The molecule has 0 saturated heterocycles. The summed E-state index contributed by atoms with van der Waals surface area (Å²) in [7, 11) is 1.19. The molecule has 0 aromatic carbocycles. The first-order valence-corrected chi connectivity index (χ1v) is 6.05. The van der Waals surface area contributed by atoms with Gasteiger partial charge in [0.25, 0.3) is 5.56 Å². The van der Waals surface area contributed by atoms with Crippen molar-refractivity contribution in [3.8, 4) is 5.75 Å². The fourth-order valence-corrected chi connectivity index (χ4v) is 2.29. The van der Waals surface area contributed by atoms with E-state index in [1.165, 1.54) is 13.5 Å². The van der Waals surface area contributed by atoms with E-state index in [-0.39, 0.29) is 11.6 Å². The molecule has 0 unspecified atom stereocenters. The third kappa shape index (κ3) is 2.37. The number of esters is 1. The summed E-state index contributed by atoms with van der Waals surface area (Å²) >= 11 is 0. The van der Waals surface area contributed by atoms with Crippen LogP contribution in [0.1, 0.15) is 54.3 Å². The van der Waals surface area contributed by atoms with Gasteiger partial charge < -0.3 is 14.8 Å². The molecule has 0 amide bonds. The Bertz CT molecular complexity index is 503. The number of ether oxygens (including phenoxy) is 1. The molecule has 0 atom stereocenters. The highest BCUT2D eigenvalue weighted by molar-refractivity contribution is 5.89. The Labute approximate surface area is 104 Å². The predicted molar refractivity (Wildman–Crippen MR) is 63.7 cm³/mol. The van der Waals surface area contributed by atoms with Gasteiger partial charge in [0.2, 0.25) is 5.75 Å². The van der Waals surface area contributed by atoms with Gasteiger partial charge in [0.15, 0.2) is 5.69 Å². The Morgan fingerprint density at radius 3 is 2.67 bits per heavy atom. The van der Waals surface area contributed by atoms with Crippen molar-refractivity contribution in [2.24, 2.45) is 0 Å². The molecule has 0 spiro atoms. The van der Waals surface area contributed by atoms with E-state index < -0.39 is 17.3 Å². The second-order valence-electron chi connectivity index (χ2n) is 4.47. The first-order valence-electron chi connectivity index (χ1n) is 6.05. The minimum atomic E-state index is -0.796. The Morgan fingerprint density at radius 1 is 1.39 bits per heavy atom. The van der Waals surface area contributed by atoms with Crippen molar-refractivity contribution in [1.29, 1.82) is 0 Å². The highest BCUT2D eigenvalue weighted by Crippen LogP contribution is 2.30. The van der Waals surface area contributed by atoms with E-state index >= 15 is 0 Å². The number of aromatic nitrogens is 2. The van der Waals surface area contributed by atoms with Crippen molar-refractivity contribution in [3.05, 3.63) is 21.9 Å². The van der Waals surface area contributed by atoms with Gasteiger partial charge in [-0.25, -0.2) is 9.78 Å². The Balaban J connectivity index is 2.40. The van der Waals surface area contributed by atoms with Gasteiger partial charge in [-0.15, -0.1) is 0 Å². The molecule has 1 aliphatic carbocycles. The van der Waals surface area contributed by atoms with Gasteiger partial charge >= 0.3 is 5.97 Å². The average Bonchev–Trinajstić information content (AvgIpc) is 2.41. The SMILES string of the molecule is COC(=O)c1nc(C2CCCCC2)[nH]c(=O)c1O. The van der Waals surface area contributed by atoms with Crippen molar-refractivity contribution in [1.82, 2.24) is 9.97 Å². The zero-order chi connectivity index (χ0) is 13.1. The number of hydrogen-bond acceptors (Lipinski definition) is 5. The maximum Gasteiger partial charge on any atom is 0.360 e. The van der Waals surface area contributed by atoms with Crippen LogP contribution in [0.4, 0.5) is 0 Å². The molecule has 1 aromatic rings. The molecule has 1 fully saturated rings. The fraction of sp³-hybridized carbons (Fsp3) is 0.583. The van der Waals surface area contributed by atoms with Crippen molar-refractivity contribution in [3.63, 3.8) is 0 Å². The van der Waals surface area contributed by atoms with Crippen LogP contribution in [0.25, 0.3) is 0 Å². The summed E-state index contributed by atoms with van der Waals surface area (Å²) in [5, 5.41) is 9.51. The topological polar surface area (TPSA) is 92.3 Å². The van der Waals surface area contributed by atoms with Gasteiger partial charge in [-0.3, -0.25) is 4.79 Å². The minimum Gasteiger partial charge on any atom is -0.501 e. The molecule has 1 saturated carbocycles. The van der Waals surface area contributed by atoms with E-state index in [0.29, 0.717) is 5.82 Å². The first kappa shape index (κ1) is 12.6. The standard InChI is InChI=1S/C12H16N2O4/c1-18-12(17)8-9(15)11(16)14-10(13-8)7-5-3-2-4-6-7/h7,15H,2-6H2,1H3,(H,13,14,16). The summed E-state index contributed by atoms with van der Waals surface area (Å²) in [5.74, 6) is -0.856. The molecule has 6 heteroatoms. The Morgan fingerprint density at radius 2 is 2.06 bits per heavy atom. The molecule has 0 radical (unpaired) electrons. The number of carbonyl (C=O) groups excluding carboxylic acids is 1. The summed E-state index contributed by atoms with van der Waals surface area (Å²) in [6.45, 7) is 0. The van der Waals surface area contributed by atoms with Gasteiger partial charge in [-0.1, -0.05) is 19.3 Å². The number of nitrogens with one attached hydrogen (secondary N) is 1. The maximum atomic E-state index is 11.6. The molecule has 18 heavy (non-hydrogen) atoms. The molecular formula is C12H16N2O4. The molecule has 2 N–H and O–H groups in total. The molecule has 1 aromatic heterocycles. The van der Waals surface area contributed by atoms with Crippen LogP contribution in [0.2, 0.25) is 0 Å². The Kier molecular flexibility index (Phi) is 3.64. The van der Waals surface area contributed by atoms with Crippen LogP contribution in [-0.4, -0.2) is 28.2 Å². The van der Waals surface area contributed by atoms with Gasteiger partial charge in [0.1, 0.15) is 5.82 Å². The number of rotatable bonds is 2. The number of methoxy groups -OCH3 is 1. The van der Waals surface area contributed by atoms with Crippen molar-refractivity contribution >= 4 is 5.97 Å². The van der Waals surface area contributed by atoms with Gasteiger partial charge in [0, 0.05) is 5.92 Å². The first-order chi connectivity index (χ1) is 8.63. The van der Waals surface area contributed by atoms with Gasteiger partial charge in [0.05, 0.1) is 7.11 Å². The molecule has 6 nitrogen and oxygen atoms in total. The third-order valence-electron chi connectivity index (χ3n) is 3.28. The summed E-state index contributed by atoms with van der Waals surface area (Å²) in [4.78, 5) is 29.6. The summed E-state index contributed by atoms with van der Waals surface area (Å²) in [6.07, 6.45) is 5.23. The van der Waals surface area contributed by atoms with E-state index in [1.54, 1.807) is 0 Å². The number of carbonyl (C=O) groups is 1. The van der Waals surface area contributed by atoms with Gasteiger partial charge in [-0.05, 0) is 12.8 Å². The summed E-state index contributed by atoms with van der Waals surface area (Å²) in [5.41, 5.74) is -0.993. The highest BCUT2D eigenvalue weighted by atomic mass is 16.5. The van der Waals surface area contributed by atoms with Crippen LogP contribution in [0.3, 0.4) is 0 Å². The molecule has 0 bridgehead atoms. The average molecular weight is 252 g/mol. The second-order valence-corrected chi connectivity index (χ2v) is 4.47. The predicted octanol–water partition coefficient (Wildman–Crippen LogP) is 1.31. The monoisotopic (exact) mass is 252 g/mol. The van der Waals surface area contributed by atoms with Crippen molar-refractivity contribution < 1.29 is 14.6 Å². The molecule has 1 aliphatic rings. The van der Waals surface area contributed by atoms with Crippen LogP contribution in [0.5, 0.6) is 5.75 Å². The quantitative estimate of drug-likeness (QED) is 0.774. The lowest BCUT2D eigenvalue weighted by molar-refractivity contribution is 0.0589. The third-order valence-corrected chi connectivity index (χ3v) is 3.28. The van der Waals surface area contributed by atoms with E-state index in [9.17, 15) is 14.7 Å². The second kappa shape index (κ2) is 5.20. The number of aromatic hydroxyl groups is 1. The molecule has 0 aliphatic heterocycles. The minimum absolute atomic E-state index is 0.149. The largest absolute Gasteiger partial charge is 0.501 e. The molecule has 2 rings (SSSR count). The zero-order valence-electron chi connectivity index (χ0n) is 10.2. The number of aromatic amines is 1. The lowest BCUT2D eigenvalue weighted by atomic mass is 9.88. The molecule has 98 valence electrons. The zero-order valence-corrected chi connectivity index (χ0v) is 10.2. The summed E-state index contributed by atoms with van der Waals surface area (Å²) < 4.78 is 4.50. The van der Waals surface area contributed by atoms with Crippen molar-refractivity contribution in [2.75, 3.05) is 7.11 Å². The van der Waals surface area contributed by atoms with Crippen molar-refractivity contribution in [2.45, 2.75) is 38.0 Å². The normalized spacial score (nSPS) is 16.5. The number of H-pyrrole nitrogens is 1. The molecular weight excluding hydrogens is 236 g/mol. The number of hydrogen-bond donors (Lipinski definition) is 2. The highest BCUT2D eigenvalue weighted by Gasteiger charge is 2.23. The Hall–Kier alpha value is -1.85. The van der Waals surface area contributed by atoms with E-state index in [1.807, 2.05) is 0 Å². The van der Waals surface area contributed by atoms with Crippen LogP contribution in [-0.2, 0) is 4.74 Å². The van der Waals surface area contributed by atoms with E-state index in [0.717, 1.165) is 25.7 Å². The van der Waals surface area contributed by atoms with Crippen LogP contribution >= 0.6 is 0 Å². The lowest BCUT2D eigenvalue weighted by Gasteiger charge is -2.20. The lowest BCUT2D eigenvalue weighted by Crippen LogP contribution is -2.20. The van der Waals surface area contributed by atoms with Gasteiger partial charge in [-0.2, -0.15) is 0 Å². The summed E-state index contributed by atoms with van der Waals surface area (Å²) in [6, 6.07) is 0. The smallest absolute Gasteiger partial charge is 0.360 e. The molecule has 1 heterocycles. The maximum absolute atomic E-state index is 11.6. The van der Waals surface area contributed by atoms with E-state index in [2.05, 4.69) is 14.7 Å².